The highest BCUT2D eigenvalue weighted by Crippen LogP contribution is 2.24. The quantitative estimate of drug-likeness (QED) is 0.373. The van der Waals surface area contributed by atoms with Crippen molar-refractivity contribution in [3.63, 3.8) is 0 Å². The van der Waals surface area contributed by atoms with Gasteiger partial charge >= 0.3 is 0 Å². The standard InChI is InChI=1S/C23H31N5O.HI/c1-18-14-25-10-8-20(18)9-11-26-23(24-2)28-16-21-22(17-28)29-13-12-27(21)15-19-6-4-3-5-7-19;/h3-8,10,14,21-22H,9,11-13,15-17H2,1-2H3,(H,24,26);1H. The molecule has 0 spiro atoms. The average Bonchev–Trinajstić information content (AvgIpc) is 3.18. The molecular formula is C23H32IN5O. The molecule has 1 N–H and O–H groups in total. The van der Waals surface area contributed by atoms with E-state index in [2.05, 4.69) is 68.4 Å². The highest BCUT2D eigenvalue weighted by Gasteiger charge is 2.41. The second-order valence-electron chi connectivity index (χ2n) is 7.86. The van der Waals surface area contributed by atoms with Gasteiger partial charge in [0.05, 0.1) is 18.8 Å². The molecule has 7 heteroatoms. The molecular weight excluding hydrogens is 489 g/mol. The fourth-order valence-corrected chi connectivity index (χ4v) is 4.37. The van der Waals surface area contributed by atoms with Crippen molar-refractivity contribution >= 4 is 29.9 Å². The summed E-state index contributed by atoms with van der Waals surface area (Å²) >= 11 is 0. The number of aliphatic imine (C=N–C) groups is 1. The summed E-state index contributed by atoms with van der Waals surface area (Å²) in [5.41, 5.74) is 3.93. The zero-order valence-electron chi connectivity index (χ0n) is 17.8. The van der Waals surface area contributed by atoms with Crippen molar-refractivity contribution in [3.05, 3.63) is 65.5 Å². The fraction of sp³-hybridized carbons (Fsp3) is 0.478. The second kappa shape index (κ2) is 11.1. The van der Waals surface area contributed by atoms with Crippen LogP contribution in [0.25, 0.3) is 0 Å². The van der Waals surface area contributed by atoms with E-state index in [-0.39, 0.29) is 30.1 Å². The molecule has 1 aromatic heterocycles. The van der Waals surface area contributed by atoms with E-state index in [9.17, 15) is 0 Å². The molecule has 0 radical (unpaired) electrons. The number of ether oxygens (including phenoxy) is 1. The summed E-state index contributed by atoms with van der Waals surface area (Å²) in [4.78, 5) is 13.6. The first-order valence-electron chi connectivity index (χ1n) is 10.5. The topological polar surface area (TPSA) is 53.0 Å². The summed E-state index contributed by atoms with van der Waals surface area (Å²) in [6.07, 6.45) is 4.99. The minimum Gasteiger partial charge on any atom is -0.373 e. The summed E-state index contributed by atoms with van der Waals surface area (Å²) < 4.78 is 6.11. The maximum absolute atomic E-state index is 6.11. The first-order chi connectivity index (χ1) is 14.2. The number of pyridine rings is 1. The molecule has 2 unspecified atom stereocenters. The van der Waals surface area contributed by atoms with Crippen LogP contribution in [0.15, 0.2) is 53.8 Å². The van der Waals surface area contributed by atoms with Crippen LogP contribution >= 0.6 is 24.0 Å². The van der Waals surface area contributed by atoms with Gasteiger partial charge in [-0.3, -0.25) is 14.9 Å². The number of aryl methyl sites for hydroxylation is 1. The number of likely N-dealkylation sites (tertiary alicyclic amines) is 1. The van der Waals surface area contributed by atoms with Crippen molar-refractivity contribution in [1.29, 1.82) is 0 Å². The molecule has 6 nitrogen and oxygen atoms in total. The molecule has 4 rings (SSSR count). The van der Waals surface area contributed by atoms with E-state index in [0.717, 1.165) is 51.7 Å². The van der Waals surface area contributed by atoms with Crippen LogP contribution in [0, 0.1) is 6.92 Å². The minimum atomic E-state index is 0. The van der Waals surface area contributed by atoms with E-state index in [1.165, 1.54) is 16.7 Å². The Morgan fingerprint density at radius 3 is 2.83 bits per heavy atom. The molecule has 30 heavy (non-hydrogen) atoms. The first-order valence-corrected chi connectivity index (χ1v) is 10.5. The van der Waals surface area contributed by atoms with E-state index in [1.54, 1.807) is 0 Å². The fourth-order valence-electron chi connectivity index (χ4n) is 4.37. The molecule has 1 aromatic carbocycles. The van der Waals surface area contributed by atoms with Crippen LogP contribution in [0.2, 0.25) is 0 Å². The third kappa shape index (κ3) is 5.50. The Kier molecular flexibility index (Phi) is 8.47. The van der Waals surface area contributed by atoms with E-state index in [0.29, 0.717) is 6.04 Å². The summed E-state index contributed by atoms with van der Waals surface area (Å²) in [5.74, 6) is 0.967. The molecule has 2 aliphatic rings. The Morgan fingerprint density at radius 2 is 2.07 bits per heavy atom. The molecule has 0 bridgehead atoms. The van der Waals surface area contributed by atoms with Gasteiger partial charge in [0.15, 0.2) is 5.96 Å². The molecule has 2 aromatic rings. The third-order valence-corrected chi connectivity index (χ3v) is 5.97. The normalized spacial score (nSPS) is 21.8. The number of aromatic nitrogens is 1. The number of guanidine groups is 1. The summed E-state index contributed by atoms with van der Waals surface area (Å²) in [7, 11) is 1.87. The van der Waals surface area contributed by atoms with Crippen molar-refractivity contribution in [2.75, 3.05) is 39.8 Å². The van der Waals surface area contributed by atoms with E-state index in [4.69, 9.17) is 4.74 Å². The van der Waals surface area contributed by atoms with Crippen molar-refractivity contribution in [2.45, 2.75) is 32.0 Å². The number of nitrogens with one attached hydrogen (secondary N) is 1. The number of halogens is 1. The van der Waals surface area contributed by atoms with Crippen molar-refractivity contribution in [3.8, 4) is 0 Å². The van der Waals surface area contributed by atoms with Gasteiger partial charge in [-0.15, -0.1) is 24.0 Å². The first kappa shape index (κ1) is 23.0. The SMILES string of the molecule is CN=C(NCCc1ccncc1C)N1CC2OCCN(Cc3ccccc3)C2C1.I. The van der Waals surface area contributed by atoms with Gasteiger partial charge in [-0.1, -0.05) is 30.3 Å². The Balaban J connectivity index is 0.00000256. The Bertz CT molecular complexity index is 831. The van der Waals surface area contributed by atoms with Gasteiger partial charge in [0, 0.05) is 52.2 Å². The maximum Gasteiger partial charge on any atom is 0.193 e. The Hall–Kier alpha value is -1.71. The molecule has 0 saturated carbocycles. The monoisotopic (exact) mass is 521 g/mol. The van der Waals surface area contributed by atoms with Crippen molar-refractivity contribution in [1.82, 2.24) is 20.1 Å². The maximum atomic E-state index is 6.11. The van der Waals surface area contributed by atoms with Gasteiger partial charge in [-0.25, -0.2) is 0 Å². The zero-order chi connectivity index (χ0) is 20.1. The predicted octanol–water partition coefficient (Wildman–Crippen LogP) is 2.71. The van der Waals surface area contributed by atoms with E-state index in [1.807, 2.05) is 19.4 Å². The molecule has 162 valence electrons. The van der Waals surface area contributed by atoms with Gasteiger partial charge in [-0.05, 0) is 36.1 Å². The van der Waals surface area contributed by atoms with Gasteiger partial charge in [-0.2, -0.15) is 0 Å². The lowest BCUT2D eigenvalue weighted by atomic mass is 10.1. The summed E-state index contributed by atoms with van der Waals surface area (Å²) in [6.45, 7) is 7.58. The molecule has 2 saturated heterocycles. The minimum absolute atomic E-state index is 0. The van der Waals surface area contributed by atoms with Crippen LogP contribution in [0.3, 0.4) is 0 Å². The lowest BCUT2D eigenvalue weighted by Crippen LogP contribution is -2.50. The third-order valence-electron chi connectivity index (χ3n) is 5.97. The second-order valence-corrected chi connectivity index (χ2v) is 7.86. The van der Waals surface area contributed by atoms with Gasteiger partial charge in [0.25, 0.3) is 0 Å². The Labute approximate surface area is 196 Å². The highest BCUT2D eigenvalue weighted by atomic mass is 127. The number of benzene rings is 1. The van der Waals surface area contributed by atoms with Crippen molar-refractivity contribution < 1.29 is 4.74 Å². The lowest BCUT2D eigenvalue weighted by Gasteiger charge is -2.36. The van der Waals surface area contributed by atoms with Crippen LogP contribution in [0.4, 0.5) is 0 Å². The van der Waals surface area contributed by atoms with Crippen molar-refractivity contribution in [2.24, 2.45) is 4.99 Å². The molecule has 0 aliphatic carbocycles. The predicted molar refractivity (Wildman–Crippen MR) is 131 cm³/mol. The molecule has 2 fully saturated rings. The summed E-state index contributed by atoms with van der Waals surface area (Å²) in [5, 5.41) is 3.54. The van der Waals surface area contributed by atoms with Crippen LogP contribution in [-0.2, 0) is 17.7 Å². The molecule has 3 heterocycles. The van der Waals surface area contributed by atoms with Gasteiger partial charge < -0.3 is 15.0 Å². The molecule has 2 aliphatic heterocycles. The summed E-state index contributed by atoms with van der Waals surface area (Å²) in [6, 6.07) is 13.2. The number of morpholine rings is 1. The number of nitrogens with zero attached hydrogens (tertiary/aromatic N) is 4. The van der Waals surface area contributed by atoms with Crippen LogP contribution in [0.5, 0.6) is 0 Å². The zero-order valence-corrected chi connectivity index (χ0v) is 20.2. The van der Waals surface area contributed by atoms with Crippen LogP contribution in [-0.4, -0.2) is 72.7 Å². The van der Waals surface area contributed by atoms with Crippen LogP contribution in [0.1, 0.15) is 16.7 Å². The largest absolute Gasteiger partial charge is 0.373 e. The van der Waals surface area contributed by atoms with Gasteiger partial charge in [0.2, 0.25) is 0 Å². The molecule has 2 atom stereocenters. The number of rotatable bonds is 5. The number of fused-ring (bicyclic) bond motifs is 1. The van der Waals surface area contributed by atoms with Gasteiger partial charge in [0.1, 0.15) is 0 Å². The number of hydrogen-bond donors (Lipinski definition) is 1. The number of hydrogen-bond acceptors (Lipinski definition) is 4. The highest BCUT2D eigenvalue weighted by molar-refractivity contribution is 14.0. The lowest BCUT2D eigenvalue weighted by molar-refractivity contribution is -0.0502. The van der Waals surface area contributed by atoms with Crippen LogP contribution < -0.4 is 5.32 Å². The smallest absolute Gasteiger partial charge is 0.193 e. The van der Waals surface area contributed by atoms with E-state index >= 15 is 0 Å². The Morgan fingerprint density at radius 1 is 1.23 bits per heavy atom. The average molecular weight is 521 g/mol. The molecule has 0 amide bonds. The van der Waals surface area contributed by atoms with E-state index < -0.39 is 0 Å².